The summed E-state index contributed by atoms with van der Waals surface area (Å²) >= 11 is 5.94. The van der Waals surface area contributed by atoms with Gasteiger partial charge in [0, 0.05) is 5.75 Å². The molecule has 0 aliphatic rings. The average Bonchev–Trinajstić information content (AvgIpc) is 3.04. The Morgan fingerprint density at radius 2 is 2.08 bits per heavy atom. The van der Waals surface area contributed by atoms with Crippen molar-refractivity contribution in [2.75, 3.05) is 11.5 Å². The third-order valence-electron chi connectivity index (χ3n) is 3.65. The van der Waals surface area contributed by atoms with E-state index in [-0.39, 0.29) is 0 Å². The Morgan fingerprint density at radius 3 is 2.77 bits per heavy atom. The van der Waals surface area contributed by atoms with Crippen molar-refractivity contribution < 1.29 is 4.74 Å². The smallest absolute Gasteiger partial charge is 0.191 e. The maximum Gasteiger partial charge on any atom is 0.191 e. The maximum atomic E-state index is 5.84. The van der Waals surface area contributed by atoms with E-state index < -0.39 is 0 Å². The normalized spacial score (nSPS) is 11.9. The fourth-order valence-electron chi connectivity index (χ4n) is 2.19. The van der Waals surface area contributed by atoms with Gasteiger partial charge in [0.05, 0.1) is 6.54 Å². The fraction of sp³-hybridized carbons (Fsp3) is 0.300. The molecule has 26 heavy (non-hydrogen) atoms. The number of hydrogen-bond acceptors (Lipinski definition) is 5. The van der Waals surface area contributed by atoms with E-state index >= 15 is 0 Å². The molecule has 0 spiro atoms. The summed E-state index contributed by atoms with van der Waals surface area (Å²) in [5.41, 5.74) is 2.19. The lowest BCUT2D eigenvalue weighted by atomic mass is 10.2. The lowest BCUT2D eigenvalue weighted by Gasteiger charge is -2.12. The van der Waals surface area contributed by atoms with Gasteiger partial charge in [0.2, 0.25) is 0 Å². The summed E-state index contributed by atoms with van der Waals surface area (Å²) in [7, 11) is 0. The molecule has 4 nitrogen and oxygen atoms in total. The number of thioether (sulfide) groups is 1. The molecule has 138 valence electrons. The summed E-state index contributed by atoms with van der Waals surface area (Å²) in [5.74, 6) is 3.10. The second-order valence-corrected chi connectivity index (χ2v) is 7.14. The molecule has 2 aromatic rings. The minimum Gasteiger partial charge on any atom is -0.486 e. The van der Waals surface area contributed by atoms with Gasteiger partial charge < -0.3 is 4.74 Å². The van der Waals surface area contributed by atoms with E-state index in [1.165, 1.54) is 5.56 Å². The third-order valence-corrected chi connectivity index (χ3v) is 5.15. The van der Waals surface area contributed by atoms with E-state index in [1.807, 2.05) is 50.3 Å². The van der Waals surface area contributed by atoms with Gasteiger partial charge >= 0.3 is 0 Å². The molecule has 6 heteroatoms. The van der Waals surface area contributed by atoms with Gasteiger partial charge in [-0.25, -0.2) is 0 Å². The molecule has 0 N–H and O–H groups in total. The number of allylic oxidation sites excluding steroid dienone is 4. The molecule has 0 bridgehead atoms. The van der Waals surface area contributed by atoms with Crippen LogP contribution in [0.15, 0.2) is 71.6 Å². The lowest BCUT2D eigenvalue weighted by molar-refractivity contribution is 0.196. The van der Waals surface area contributed by atoms with Gasteiger partial charge in [0.15, 0.2) is 11.0 Å². The van der Waals surface area contributed by atoms with E-state index in [4.69, 9.17) is 4.74 Å². The molecule has 2 rings (SSSR count). The highest BCUT2D eigenvalue weighted by molar-refractivity contribution is 7.99. The molecule has 0 atom stereocenters. The van der Waals surface area contributed by atoms with Crippen LogP contribution in [0.1, 0.15) is 25.2 Å². The number of rotatable bonds is 10. The van der Waals surface area contributed by atoms with Crippen LogP contribution >= 0.6 is 24.4 Å². The van der Waals surface area contributed by atoms with Crippen LogP contribution in [0, 0.1) is 0 Å². The molecule has 1 heterocycles. The molecule has 0 fully saturated rings. The lowest BCUT2D eigenvalue weighted by Crippen LogP contribution is -2.08. The van der Waals surface area contributed by atoms with Gasteiger partial charge in [-0.1, -0.05) is 66.9 Å². The van der Waals surface area contributed by atoms with Crippen LogP contribution in [-0.2, 0) is 17.9 Å². The molecule has 0 aliphatic carbocycles. The van der Waals surface area contributed by atoms with Crippen molar-refractivity contribution >= 4 is 24.4 Å². The van der Waals surface area contributed by atoms with Gasteiger partial charge in [-0.3, -0.25) is 4.57 Å². The van der Waals surface area contributed by atoms with Crippen molar-refractivity contribution in [3.63, 3.8) is 0 Å². The second-order valence-electron chi connectivity index (χ2n) is 5.63. The SMILES string of the molecule is C=C(OCc1nnc(SCCS)n1Cc1ccccc1)/C(C)=C\C=C/C. The zero-order valence-corrected chi connectivity index (χ0v) is 17.0. The maximum absolute atomic E-state index is 5.84. The number of benzene rings is 1. The largest absolute Gasteiger partial charge is 0.486 e. The van der Waals surface area contributed by atoms with Crippen molar-refractivity contribution in [3.8, 4) is 0 Å². The minimum absolute atomic E-state index is 0.334. The van der Waals surface area contributed by atoms with Crippen molar-refractivity contribution in [1.29, 1.82) is 0 Å². The van der Waals surface area contributed by atoms with Crippen molar-refractivity contribution in [2.45, 2.75) is 32.2 Å². The quantitative estimate of drug-likeness (QED) is 0.272. The van der Waals surface area contributed by atoms with Crippen LogP contribution < -0.4 is 0 Å². The Kier molecular flexibility index (Phi) is 8.58. The van der Waals surface area contributed by atoms with Crippen LogP contribution in [0.4, 0.5) is 0 Å². The Hall–Kier alpha value is -1.92. The van der Waals surface area contributed by atoms with Gasteiger partial charge in [-0.15, -0.1) is 10.2 Å². The van der Waals surface area contributed by atoms with E-state index in [0.29, 0.717) is 18.9 Å². The topological polar surface area (TPSA) is 39.9 Å². The highest BCUT2D eigenvalue weighted by Gasteiger charge is 2.14. The van der Waals surface area contributed by atoms with Gasteiger partial charge in [-0.2, -0.15) is 12.6 Å². The molecular weight excluding hydrogens is 362 g/mol. The standard InChI is InChI=1S/C20H25N3OS2/c1-4-5-9-16(2)17(3)24-15-19-21-22-20(26-13-12-25)23(19)14-18-10-7-6-8-11-18/h4-11,25H,3,12-15H2,1-2H3/b5-4-,16-9-. The Morgan fingerprint density at radius 1 is 1.31 bits per heavy atom. The first-order valence-corrected chi connectivity index (χ1v) is 10.1. The van der Waals surface area contributed by atoms with Crippen LogP contribution in [0.2, 0.25) is 0 Å². The summed E-state index contributed by atoms with van der Waals surface area (Å²) in [6.07, 6.45) is 5.91. The number of aromatic nitrogens is 3. The molecule has 0 saturated heterocycles. The Balaban J connectivity index is 2.14. The van der Waals surface area contributed by atoms with E-state index in [1.54, 1.807) is 11.8 Å². The highest BCUT2D eigenvalue weighted by Crippen LogP contribution is 2.20. The molecule has 0 unspecified atom stereocenters. The summed E-state index contributed by atoms with van der Waals surface area (Å²) in [4.78, 5) is 0. The summed E-state index contributed by atoms with van der Waals surface area (Å²) in [5, 5.41) is 9.54. The van der Waals surface area contributed by atoms with Gasteiger partial charge in [0.1, 0.15) is 12.4 Å². The average molecular weight is 388 g/mol. The highest BCUT2D eigenvalue weighted by atomic mass is 32.2. The van der Waals surface area contributed by atoms with Crippen LogP contribution in [0.25, 0.3) is 0 Å². The van der Waals surface area contributed by atoms with Crippen LogP contribution in [-0.4, -0.2) is 26.3 Å². The molecule has 0 amide bonds. The van der Waals surface area contributed by atoms with Gasteiger partial charge in [-0.05, 0) is 30.7 Å². The zero-order chi connectivity index (χ0) is 18.8. The number of nitrogens with zero attached hydrogens (tertiary/aromatic N) is 3. The van der Waals surface area contributed by atoms with E-state index in [9.17, 15) is 0 Å². The predicted octanol–water partition coefficient (Wildman–Crippen LogP) is 4.90. The Bertz CT molecular complexity index is 767. The molecule has 0 radical (unpaired) electrons. The fourth-order valence-corrected chi connectivity index (χ4v) is 3.17. The van der Waals surface area contributed by atoms with Crippen LogP contribution in [0.3, 0.4) is 0 Å². The first kappa shape index (κ1) is 20.4. The van der Waals surface area contributed by atoms with Crippen LogP contribution in [0.5, 0.6) is 0 Å². The summed E-state index contributed by atoms with van der Waals surface area (Å²) in [6.45, 7) is 8.99. The number of ether oxygens (including phenoxy) is 1. The second kappa shape index (κ2) is 10.9. The number of hydrogen-bond donors (Lipinski definition) is 1. The minimum atomic E-state index is 0.334. The Labute approximate surface area is 165 Å². The summed E-state index contributed by atoms with van der Waals surface area (Å²) in [6, 6.07) is 10.3. The third kappa shape index (κ3) is 6.11. The molecule has 1 aromatic carbocycles. The van der Waals surface area contributed by atoms with E-state index in [0.717, 1.165) is 28.1 Å². The molecule has 1 aromatic heterocycles. The number of thiol groups is 1. The molecular formula is C20H25N3OS2. The molecule has 0 aliphatic heterocycles. The molecule has 0 saturated carbocycles. The monoisotopic (exact) mass is 387 g/mol. The van der Waals surface area contributed by atoms with Crippen molar-refractivity contribution in [3.05, 3.63) is 77.9 Å². The van der Waals surface area contributed by atoms with Crippen molar-refractivity contribution in [1.82, 2.24) is 14.8 Å². The van der Waals surface area contributed by atoms with Crippen molar-refractivity contribution in [2.24, 2.45) is 0 Å². The predicted molar refractivity (Wildman–Crippen MR) is 113 cm³/mol. The first-order valence-electron chi connectivity index (χ1n) is 8.47. The summed E-state index contributed by atoms with van der Waals surface area (Å²) < 4.78 is 7.94. The van der Waals surface area contributed by atoms with E-state index in [2.05, 4.69) is 46.1 Å². The van der Waals surface area contributed by atoms with Gasteiger partial charge in [0.25, 0.3) is 0 Å². The zero-order valence-electron chi connectivity index (χ0n) is 15.3. The first-order chi connectivity index (χ1) is 12.7.